The molecule has 0 saturated heterocycles. The van der Waals surface area contributed by atoms with Gasteiger partial charge in [0.1, 0.15) is 5.75 Å². The topological polar surface area (TPSA) is 43.4 Å². The summed E-state index contributed by atoms with van der Waals surface area (Å²) >= 11 is 0. The number of alkyl halides is 3. The fourth-order valence-corrected chi connectivity index (χ4v) is 2.93. The first-order valence-electron chi connectivity index (χ1n) is 9.32. The molecule has 1 fully saturated rings. The number of carbonyl (C=O) groups is 2. The summed E-state index contributed by atoms with van der Waals surface area (Å²) in [6, 6.07) is 10.5. The van der Waals surface area contributed by atoms with Crippen molar-refractivity contribution in [2.24, 2.45) is 0 Å². The number of carbonyl (C=O) groups excluding carboxylic acids is 2. The van der Waals surface area contributed by atoms with E-state index in [0.29, 0.717) is 24.0 Å². The Balaban J connectivity index is 1.80. The van der Waals surface area contributed by atoms with E-state index < -0.39 is 24.9 Å². The fraction of sp³-hybridized carbons (Fsp3) is 0.304. The van der Waals surface area contributed by atoms with Gasteiger partial charge in [0, 0.05) is 23.1 Å². The van der Waals surface area contributed by atoms with Crippen LogP contribution in [-0.2, 0) is 0 Å². The number of benzene rings is 2. The van der Waals surface area contributed by atoms with Crippen molar-refractivity contribution < 1.29 is 27.5 Å². The van der Waals surface area contributed by atoms with E-state index in [0.717, 1.165) is 12.8 Å². The Kier molecular flexibility index (Phi) is 6.71. The van der Waals surface area contributed by atoms with Crippen LogP contribution in [0.3, 0.4) is 0 Å². The molecular formula is C23H19F3O3. The number of ketones is 2. The molecular weight excluding hydrogens is 381 g/mol. The number of unbranched alkanes of at least 4 members (excludes halogenated alkanes) is 1. The smallest absolute Gasteiger partial charge is 0.387 e. The molecule has 1 aliphatic carbocycles. The van der Waals surface area contributed by atoms with Crippen molar-refractivity contribution in [3.05, 3.63) is 64.7 Å². The van der Waals surface area contributed by atoms with Gasteiger partial charge in [0.2, 0.25) is 11.6 Å². The number of Topliss-reactive ketones (excluding diaryl/α,β-unsaturated/α-hetero) is 2. The summed E-state index contributed by atoms with van der Waals surface area (Å²) in [5, 5.41) is 0. The quantitative estimate of drug-likeness (QED) is 0.260. The number of hydrogen-bond donors (Lipinski definition) is 0. The maximum Gasteiger partial charge on any atom is 0.387 e. The molecule has 0 aliphatic heterocycles. The molecule has 0 bridgehead atoms. The van der Waals surface area contributed by atoms with Gasteiger partial charge >= 0.3 is 6.61 Å². The van der Waals surface area contributed by atoms with E-state index in [1.54, 1.807) is 12.1 Å². The molecule has 3 nitrogen and oxygen atoms in total. The van der Waals surface area contributed by atoms with Crippen LogP contribution < -0.4 is 4.74 Å². The largest absolute Gasteiger partial charge is 0.435 e. The van der Waals surface area contributed by atoms with E-state index in [2.05, 4.69) is 16.6 Å². The van der Waals surface area contributed by atoms with Gasteiger partial charge in [0.05, 0.1) is 6.67 Å². The summed E-state index contributed by atoms with van der Waals surface area (Å²) in [6.07, 6.45) is 2.41. The summed E-state index contributed by atoms with van der Waals surface area (Å²) < 4.78 is 41.8. The van der Waals surface area contributed by atoms with Gasteiger partial charge in [-0.1, -0.05) is 24.0 Å². The van der Waals surface area contributed by atoms with Gasteiger partial charge in [-0.25, -0.2) is 0 Å². The second kappa shape index (κ2) is 9.42. The third-order valence-corrected chi connectivity index (χ3v) is 4.50. The van der Waals surface area contributed by atoms with Gasteiger partial charge in [-0.15, -0.1) is 0 Å². The molecule has 0 radical (unpaired) electrons. The molecule has 1 aliphatic rings. The Morgan fingerprint density at radius 1 is 1.07 bits per heavy atom. The average molecular weight is 400 g/mol. The summed E-state index contributed by atoms with van der Waals surface area (Å²) in [4.78, 5) is 25.3. The van der Waals surface area contributed by atoms with Crippen molar-refractivity contribution in [2.75, 3.05) is 6.67 Å². The van der Waals surface area contributed by atoms with Crippen LogP contribution in [-0.4, -0.2) is 24.9 Å². The minimum Gasteiger partial charge on any atom is -0.435 e. The summed E-state index contributed by atoms with van der Waals surface area (Å²) in [6.45, 7) is -3.39. The summed E-state index contributed by atoms with van der Waals surface area (Å²) in [7, 11) is 0. The van der Waals surface area contributed by atoms with Gasteiger partial charge in [-0.3, -0.25) is 14.0 Å². The Morgan fingerprint density at radius 2 is 1.79 bits per heavy atom. The minimum absolute atomic E-state index is 0.0389. The normalized spacial score (nSPS) is 13.0. The third kappa shape index (κ3) is 5.47. The van der Waals surface area contributed by atoms with Crippen LogP contribution in [0.4, 0.5) is 13.2 Å². The number of hydrogen-bond acceptors (Lipinski definition) is 3. The standard InChI is InChI=1S/C23H19F3O3/c24-12-3-1-2-5-15-6-4-7-17(13-15)21(27)22(28)18-10-11-20(29-23(25)26)19(14-18)16-8-9-16/h4,6-7,10-11,13-14,16,23H,1,3,8-9,12H2. The first-order chi connectivity index (χ1) is 14.0. The zero-order valence-corrected chi connectivity index (χ0v) is 15.6. The first-order valence-corrected chi connectivity index (χ1v) is 9.32. The van der Waals surface area contributed by atoms with Crippen LogP contribution >= 0.6 is 0 Å². The molecule has 1 saturated carbocycles. The lowest BCUT2D eigenvalue weighted by molar-refractivity contribution is -0.0504. The number of halogens is 3. The van der Waals surface area contributed by atoms with E-state index in [1.165, 1.54) is 30.3 Å². The van der Waals surface area contributed by atoms with Crippen molar-refractivity contribution in [3.63, 3.8) is 0 Å². The molecule has 0 amide bonds. The molecule has 0 spiro atoms. The van der Waals surface area contributed by atoms with Crippen molar-refractivity contribution in [2.45, 2.75) is 38.2 Å². The fourth-order valence-electron chi connectivity index (χ4n) is 2.93. The van der Waals surface area contributed by atoms with E-state index in [-0.39, 0.29) is 22.8 Å². The SMILES string of the molecule is O=C(C(=O)c1ccc(OC(F)F)c(C2CC2)c1)c1cccc(C#CCCCF)c1. The highest BCUT2D eigenvalue weighted by atomic mass is 19.3. The van der Waals surface area contributed by atoms with E-state index >= 15 is 0 Å². The summed E-state index contributed by atoms with van der Waals surface area (Å²) in [5.41, 5.74) is 1.41. The molecule has 0 heterocycles. The van der Waals surface area contributed by atoms with E-state index in [9.17, 15) is 22.8 Å². The number of ether oxygens (including phenoxy) is 1. The highest BCUT2D eigenvalue weighted by molar-refractivity contribution is 6.49. The third-order valence-electron chi connectivity index (χ3n) is 4.50. The molecule has 150 valence electrons. The van der Waals surface area contributed by atoms with Crippen LogP contribution in [0.2, 0.25) is 0 Å². The van der Waals surface area contributed by atoms with Gasteiger partial charge in [0.25, 0.3) is 0 Å². The maximum atomic E-state index is 12.7. The maximum absolute atomic E-state index is 12.7. The van der Waals surface area contributed by atoms with Crippen molar-refractivity contribution >= 4 is 11.6 Å². The van der Waals surface area contributed by atoms with Crippen LogP contribution in [0.1, 0.15) is 63.4 Å². The Bertz CT molecular complexity index is 969. The zero-order valence-electron chi connectivity index (χ0n) is 15.6. The lowest BCUT2D eigenvalue weighted by Crippen LogP contribution is -2.15. The lowest BCUT2D eigenvalue weighted by Gasteiger charge is -2.11. The molecule has 29 heavy (non-hydrogen) atoms. The average Bonchev–Trinajstić information content (AvgIpc) is 3.55. The van der Waals surface area contributed by atoms with E-state index in [4.69, 9.17) is 0 Å². The van der Waals surface area contributed by atoms with Gasteiger partial charge < -0.3 is 4.74 Å². The molecule has 3 rings (SSSR count). The van der Waals surface area contributed by atoms with Crippen molar-refractivity contribution in [1.29, 1.82) is 0 Å². The molecule has 2 aromatic rings. The van der Waals surface area contributed by atoms with Crippen LogP contribution in [0.25, 0.3) is 0 Å². The summed E-state index contributed by atoms with van der Waals surface area (Å²) in [5.74, 6) is 4.33. The second-order valence-corrected chi connectivity index (χ2v) is 6.74. The molecule has 0 N–H and O–H groups in total. The Hall–Kier alpha value is -3.07. The predicted molar refractivity (Wildman–Crippen MR) is 102 cm³/mol. The molecule has 6 heteroatoms. The predicted octanol–water partition coefficient (Wildman–Crippen LogP) is 5.33. The molecule has 2 aromatic carbocycles. The van der Waals surface area contributed by atoms with Crippen LogP contribution in [0.15, 0.2) is 42.5 Å². The van der Waals surface area contributed by atoms with Crippen molar-refractivity contribution in [3.8, 4) is 17.6 Å². The lowest BCUT2D eigenvalue weighted by atomic mass is 9.97. The molecule has 0 aromatic heterocycles. The highest BCUT2D eigenvalue weighted by Crippen LogP contribution is 2.45. The number of rotatable bonds is 8. The monoisotopic (exact) mass is 400 g/mol. The van der Waals surface area contributed by atoms with Gasteiger partial charge in [-0.05, 0) is 61.1 Å². The Morgan fingerprint density at radius 3 is 2.45 bits per heavy atom. The second-order valence-electron chi connectivity index (χ2n) is 6.74. The van der Waals surface area contributed by atoms with Crippen LogP contribution in [0, 0.1) is 11.8 Å². The van der Waals surface area contributed by atoms with Gasteiger partial charge in [0.15, 0.2) is 0 Å². The first kappa shape index (κ1) is 20.7. The Labute approximate surface area is 166 Å². The zero-order chi connectivity index (χ0) is 20.8. The van der Waals surface area contributed by atoms with Gasteiger partial charge in [-0.2, -0.15) is 8.78 Å². The van der Waals surface area contributed by atoms with Crippen LogP contribution in [0.5, 0.6) is 5.75 Å². The molecule has 0 unspecified atom stereocenters. The minimum atomic E-state index is -2.95. The molecule has 0 atom stereocenters. The van der Waals surface area contributed by atoms with Crippen molar-refractivity contribution in [1.82, 2.24) is 0 Å². The van der Waals surface area contributed by atoms with E-state index in [1.807, 2.05) is 0 Å². The highest BCUT2D eigenvalue weighted by Gasteiger charge is 2.29.